The van der Waals surface area contributed by atoms with E-state index in [4.69, 9.17) is 9.47 Å². The van der Waals surface area contributed by atoms with Gasteiger partial charge in [-0.15, -0.1) is 0 Å². The Bertz CT molecular complexity index is 408. The Labute approximate surface area is 121 Å². The summed E-state index contributed by atoms with van der Waals surface area (Å²) in [6, 6.07) is 20.7. The van der Waals surface area contributed by atoms with Crippen molar-refractivity contribution in [3.63, 3.8) is 0 Å². The highest BCUT2D eigenvalue weighted by Crippen LogP contribution is 2.05. The van der Waals surface area contributed by atoms with Gasteiger partial charge in [0.15, 0.2) is 0 Å². The van der Waals surface area contributed by atoms with Crippen molar-refractivity contribution in [3.8, 4) is 0 Å². The molecule has 20 heavy (non-hydrogen) atoms. The summed E-state index contributed by atoms with van der Waals surface area (Å²) in [4.78, 5) is 0. The van der Waals surface area contributed by atoms with E-state index in [1.165, 1.54) is 11.1 Å². The highest BCUT2D eigenvalue weighted by Gasteiger charge is 1.94. The van der Waals surface area contributed by atoms with Crippen LogP contribution in [-0.2, 0) is 22.5 Å². The molecule has 2 heteroatoms. The van der Waals surface area contributed by atoms with Crippen LogP contribution in [0.25, 0.3) is 0 Å². The Balaban J connectivity index is 1.44. The Kier molecular flexibility index (Phi) is 6.86. The van der Waals surface area contributed by atoms with E-state index < -0.39 is 0 Å². The number of benzene rings is 2. The third-order valence-electron chi connectivity index (χ3n) is 3.13. The molecule has 0 saturated heterocycles. The van der Waals surface area contributed by atoms with Crippen LogP contribution in [0.5, 0.6) is 0 Å². The number of hydrogen-bond acceptors (Lipinski definition) is 2. The van der Waals surface area contributed by atoms with E-state index in [1.54, 1.807) is 0 Å². The fourth-order valence-electron chi connectivity index (χ4n) is 2.03. The van der Waals surface area contributed by atoms with Crippen LogP contribution in [0.1, 0.15) is 24.0 Å². The van der Waals surface area contributed by atoms with Gasteiger partial charge in [0.2, 0.25) is 0 Å². The highest BCUT2D eigenvalue weighted by atomic mass is 16.7. The van der Waals surface area contributed by atoms with E-state index in [9.17, 15) is 0 Å². The predicted octanol–water partition coefficient (Wildman–Crippen LogP) is 4.20. The summed E-state index contributed by atoms with van der Waals surface area (Å²) in [5, 5.41) is 0. The standard InChI is InChI=1S/C18H22O2/c1-3-9-17(10-4-1)11-7-8-14-19-16-20-15-18-12-5-2-6-13-18/h1-6,9-10,12-13H,7-8,11,14-16H2. The summed E-state index contributed by atoms with van der Waals surface area (Å²) in [5.74, 6) is 0. The second-order valence-electron chi connectivity index (χ2n) is 4.80. The van der Waals surface area contributed by atoms with Crippen molar-refractivity contribution < 1.29 is 9.47 Å². The molecule has 2 aromatic rings. The zero-order valence-electron chi connectivity index (χ0n) is 11.8. The van der Waals surface area contributed by atoms with Crippen LogP contribution in [0, 0.1) is 0 Å². The molecular formula is C18H22O2. The first-order valence-corrected chi connectivity index (χ1v) is 7.18. The Morgan fingerprint density at radius 3 is 2.00 bits per heavy atom. The van der Waals surface area contributed by atoms with Crippen molar-refractivity contribution in [1.82, 2.24) is 0 Å². The molecule has 0 bridgehead atoms. The average molecular weight is 270 g/mol. The lowest BCUT2D eigenvalue weighted by molar-refractivity contribution is -0.0622. The Hall–Kier alpha value is -1.64. The van der Waals surface area contributed by atoms with Gasteiger partial charge in [-0.3, -0.25) is 0 Å². The first kappa shape index (κ1) is 14.8. The van der Waals surface area contributed by atoms with Gasteiger partial charge in [-0.25, -0.2) is 0 Å². The smallest absolute Gasteiger partial charge is 0.147 e. The Morgan fingerprint density at radius 2 is 1.30 bits per heavy atom. The quantitative estimate of drug-likeness (QED) is 0.502. The fourth-order valence-corrected chi connectivity index (χ4v) is 2.03. The molecule has 2 aromatic carbocycles. The number of hydrogen-bond donors (Lipinski definition) is 0. The minimum atomic E-state index is 0.375. The lowest BCUT2D eigenvalue weighted by Gasteiger charge is -2.06. The second-order valence-corrected chi connectivity index (χ2v) is 4.80. The van der Waals surface area contributed by atoms with Crippen LogP contribution in [0.15, 0.2) is 60.7 Å². The maximum absolute atomic E-state index is 5.47. The predicted molar refractivity (Wildman–Crippen MR) is 81.4 cm³/mol. The van der Waals surface area contributed by atoms with Gasteiger partial charge in [0.1, 0.15) is 6.79 Å². The molecule has 106 valence electrons. The number of unbranched alkanes of at least 4 members (excludes halogenated alkanes) is 1. The van der Waals surface area contributed by atoms with Gasteiger partial charge in [-0.05, 0) is 30.4 Å². The summed E-state index contributed by atoms with van der Waals surface area (Å²) in [7, 11) is 0. The molecule has 0 fully saturated rings. The van der Waals surface area contributed by atoms with E-state index in [0.717, 1.165) is 25.9 Å². The minimum absolute atomic E-state index is 0.375. The lowest BCUT2D eigenvalue weighted by atomic mass is 10.1. The highest BCUT2D eigenvalue weighted by molar-refractivity contribution is 5.14. The molecule has 2 rings (SSSR count). The van der Waals surface area contributed by atoms with Gasteiger partial charge in [-0.2, -0.15) is 0 Å². The average Bonchev–Trinajstić information content (AvgIpc) is 2.52. The third-order valence-corrected chi connectivity index (χ3v) is 3.13. The SMILES string of the molecule is c1ccc(CCCCOCOCc2ccccc2)cc1. The molecule has 0 unspecified atom stereocenters. The van der Waals surface area contributed by atoms with Crippen LogP contribution < -0.4 is 0 Å². The van der Waals surface area contributed by atoms with Gasteiger partial charge in [0.25, 0.3) is 0 Å². The number of rotatable bonds is 9. The van der Waals surface area contributed by atoms with E-state index in [1.807, 2.05) is 18.2 Å². The van der Waals surface area contributed by atoms with Gasteiger partial charge >= 0.3 is 0 Å². The first-order chi connectivity index (χ1) is 9.95. The monoisotopic (exact) mass is 270 g/mol. The van der Waals surface area contributed by atoms with E-state index in [0.29, 0.717) is 13.4 Å². The summed E-state index contributed by atoms with van der Waals surface area (Å²) in [6.07, 6.45) is 3.35. The van der Waals surface area contributed by atoms with E-state index in [2.05, 4.69) is 42.5 Å². The molecular weight excluding hydrogens is 248 g/mol. The largest absolute Gasteiger partial charge is 0.355 e. The van der Waals surface area contributed by atoms with Crippen LogP contribution in [-0.4, -0.2) is 13.4 Å². The molecule has 0 aliphatic carbocycles. The van der Waals surface area contributed by atoms with Crippen molar-refractivity contribution in [2.75, 3.05) is 13.4 Å². The van der Waals surface area contributed by atoms with Crippen LogP contribution in [0.3, 0.4) is 0 Å². The molecule has 0 radical (unpaired) electrons. The van der Waals surface area contributed by atoms with E-state index >= 15 is 0 Å². The fraction of sp³-hybridized carbons (Fsp3) is 0.333. The van der Waals surface area contributed by atoms with Gasteiger partial charge in [0.05, 0.1) is 6.61 Å². The topological polar surface area (TPSA) is 18.5 Å². The van der Waals surface area contributed by atoms with Gasteiger partial charge < -0.3 is 9.47 Å². The van der Waals surface area contributed by atoms with Crippen molar-refractivity contribution in [2.24, 2.45) is 0 Å². The molecule has 0 saturated carbocycles. The molecule has 0 aliphatic rings. The molecule has 0 N–H and O–H groups in total. The summed E-state index contributed by atoms with van der Waals surface area (Å²) in [5.41, 5.74) is 2.58. The molecule has 0 amide bonds. The third kappa shape index (κ3) is 6.00. The molecule has 0 atom stereocenters. The minimum Gasteiger partial charge on any atom is -0.355 e. The van der Waals surface area contributed by atoms with Crippen LogP contribution in [0.4, 0.5) is 0 Å². The molecule has 0 spiro atoms. The molecule has 0 heterocycles. The first-order valence-electron chi connectivity index (χ1n) is 7.18. The maximum atomic E-state index is 5.47. The molecule has 0 aromatic heterocycles. The van der Waals surface area contributed by atoms with Gasteiger partial charge in [0, 0.05) is 6.61 Å². The number of ether oxygens (including phenoxy) is 2. The zero-order chi connectivity index (χ0) is 13.9. The maximum Gasteiger partial charge on any atom is 0.147 e. The summed E-state index contributed by atoms with van der Waals surface area (Å²) in [6.45, 7) is 1.76. The van der Waals surface area contributed by atoms with Crippen molar-refractivity contribution >= 4 is 0 Å². The van der Waals surface area contributed by atoms with Crippen molar-refractivity contribution in [2.45, 2.75) is 25.9 Å². The van der Waals surface area contributed by atoms with Gasteiger partial charge in [-0.1, -0.05) is 60.7 Å². The Morgan fingerprint density at radius 1 is 0.650 bits per heavy atom. The second kappa shape index (κ2) is 9.29. The summed E-state index contributed by atoms with van der Waals surface area (Å²) >= 11 is 0. The number of aryl methyl sites for hydroxylation is 1. The van der Waals surface area contributed by atoms with Crippen LogP contribution in [0.2, 0.25) is 0 Å². The molecule has 2 nitrogen and oxygen atoms in total. The summed E-state index contributed by atoms with van der Waals surface area (Å²) < 4.78 is 10.9. The van der Waals surface area contributed by atoms with Crippen molar-refractivity contribution in [1.29, 1.82) is 0 Å². The lowest BCUT2D eigenvalue weighted by Crippen LogP contribution is -2.02. The normalized spacial score (nSPS) is 10.6. The van der Waals surface area contributed by atoms with Crippen LogP contribution >= 0.6 is 0 Å². The zero-order valence-corrected chi connectivity index (χ0v) is 11.8. The van der Waals surface area contributed by atoms with E-state index in [-0.39, 0.29) is 0 Å². The molecule has 0 aliphatic heterocycles. The van der Waals surface area contributed by atoms with Crippen molar-refractivity contribution in [3.05, 3.63) is 71.8 Å².